The summed E-state index contributed by atoms with van der Waals surface area (Å²) in [7, 11) is 1.87. The molecule has 0 saturated heterocycles. The minimum absolute atomic E-state index is 0.258. The maximum Gasteiger partial charge on any atom is 0.166 e. The molecular weight excluding hydrogens is 259 g/mol. The predicted molar refractivity (Wildman–Crippen MR) is 64.6 cm³/mol. The number of halogens is 2. The lowest BCUT2D eigenvalue weighted by atomic mass is 10.1. The molecule has 0 bridgehead atoms. The van der Waals surface area contributed by atoms with E-state index < -0.39 is 0 Å². The lowest BCUT2D eigenvalue weighted by Crippen LogP contribution is -2.34. The Labute approximate surface area is 98.6 Å². The summed E-state index contributed by atoms with van der Waals surface area (Å²) in [6.07, 6.45) is 1.61. The van der Waals surface area contributed by atoms with Crippen molar-refractivity contribution in [1.29, 1.82) is 0 Å². The van der Waals surface area contributed by atoms with E-state index in [1.165, 1.54) is 6.07 Å². The molecule has 0 aromatic carbocycles. The molecule has 0 radical (unpaired) electrons. The van der Waals surface area contributed by atoms with Gasteiger partial charge in [0.05, 0.1) is 0 Å². The van der Waals surface area contributed by atoms with Crippen LogP contribution in [0.15, 0.2) is 16.7 Å². The Hall–Kier alpha value is -0.640. The van der Waals surface area contributed by atoms with Crippen molar-refractivity contribution in [3.8, 4) is 0 Å². The summed E-state index contributed by atoms with van der Waals surface area (Å²) < 4.78 is 14.3. The molecule has 0 spiro atoms. The molecule has 1 aromatic rings. The van der Waals surface area contributed by atoms with Gasteiger partial charge in [0.25, 0.3) is 0 Å². The number of aromatic nitrogens is 1. The molecule has 0 saturated carbocycles. The SMILES string of the molecule is CC(C)C(C)N(C)c1ncc(Br)cc1F. The third-order valence-electron chi connectivity index (χ3n) is 2.70. The second kappa shape index (κ2) is 4.92. The van der Waals surface area contributed by atoms with E-state index in [4.69, 9.17) is 0 Å². The highest BCUT2D eigenvalue weighted by Gasteiger charge is 2.17. The van der Waals surface area contributed by atoms with Crippen LogP contribution in [0, 0.1) is 11.7 Å². The van der Waals surface area contributed by atoms with Gasteiger partial charge < -0.3 is 4.90 Å². The molecule has 15 heavy (non-hydrogen) atoms. The van der Waals surface area contributed by atoms with Gasteiger partial charge in [0.2, 0.25) is 0 Å². The molecular formula is C11H16BrFN2. The maximum atomic E-state index is 13.6. The molecule has 1 aromatic heterocycles. The zero-order valence-electron chi connectivity index (χ0n) is 9.46. The lowest BCUT2D eigenvalue weighted by molar-refractivity contribution is 0.493. The van der Waals surface area contributed by atoms with Gasteiger partial charge in [-0.15, -0.1) is 0 Å². The third-order valence-corrected chi connectivity index (χ3v) is 3.13. The van der Waals surface area contributed by atoms with E-state index >= 15 is 0 Å². The lowest BCUT2D eigenvalue weighted by Gasteiger charge is -2.29. The summed E-state index contributed by atoms with van der Waals surface area (Å²) in [6.45, 7) is 6.28. The van der Waals surface area contributed by atoms with Crippen LogP contribution in [0.25, 0.3) is 0 Å². The Morgan fingerprint density at radius 2 is 2.00 bits per heavy atom. The van der Waals surface area contributed by atoms with E-state index in [1.807, 2.05) is 11.9 Å². The van der Waals surface area contributed by atoms with Gasteiger partial charge >= 0.3 is 0 Å². The van der Waals surface area contributed by atoms with Crippen molar-refractivity contribution in [2.24, 2.45) is 5.92 Å². The molecule has 1 unspecified atom stereocenters. The highest BCUT2D eigenvalue weighted by Crippen LogP contribution is 2.22. The Kier molecular flexibility index (Phi) is 4.08. The van der Waals surface area contributed by atoms with E-state index in [0.29, 0.717) is 16.2 Å². The monoisotopic (exact) mass is 274 g/mol. The van der Waals surface area contributed by atoms with Crippen LogP contribution in [-0.2, 0) is 0 Å². The van der Waals surface area contributed by atoms with Crippen molar-refractivity contribution >= 4 is 21.7 Å². The van der Waals surface area contributed by atoms with E-state index in [-0.39, 0.29) is 11.9 Å². The Balaban J connectivity index is 2.96. The highest BCUT2D eigenvalue weighted by molar-refractivity contribution is 9.10. The van der Waals surface area contributed by atoms with Crippen molar-refractivity contribution in [2.45, 2.75) is 26.8 Å². The van der Waals surface area contributed by atoms with E-state index in [9.17, 15) is 4.39 Å². The zero-order valence-corrected chi connectivity index (χ0v) is 11.0. The van der Waals surface area contributed by atoms with Gasteiger partial charge in [0.15, 0.2) is 11.6 Å². The molecule has 4 heteroatoms. The fourth-order valence-electron chi connectivity index (χ4n) is 1.31. The van der Waals surface area contributed by atoms with Crippen molar-refractivity contribution < 1.29 is 4.39 Å². The topological polar surface area (TPSA) is 16.1 Å². The quantitative estimate of drug-likeness (QED) is 0.839. The van der Waals surface area contributed by atoms with Gasteiger partial charge in [0, 0.05) is 23.8 Å². The Bertz CT molecular complexity index is 341. The van der Waals surface area contributed by atoms with Gasteiger partial charge in [-0.25, -0.2) is 9.37 Å². The zero-order chi connectivity index (χ0) is 11.6. The standard InChI is InChI=1S/C11H16BrFN2/c1-7(2)8(3)15(4)11-10(13)5-9(12)6-14-11/h5-8H,1-4H3. The first kappa shape index (κ1) is 12.4. The molecule has 0 fully saturated rings. The van der Waals surface area contributed by atoms with Crippen LogP contribution in [0.3, 0.4) is 0 Å². The average Bonchev–Trinajstić information content (AvgIpc) is 2.15. The molecule has 1 rings (SSSR count). The van der Waals surface area contributed by atoms with E-state index in [1.54, 1.807) is 6.20 Å². The predicted octanol–water partition coefficient (Wildman–Crippen LogP) is 3.46. The fraction of sp³-hybridized carbons (Fsp3) is 0.545. The molecule has 1 atom stereocenters. The number of hydrogen-bond donors (Lipinski definition) is 0. The van der Waals surface area contributed by atoms with Gasteiger partial charge in [-0.1, -0.05) is 13.8 Å². The second-order valence-electron chi connectivity index (χ2n) is 4.05. The number of anilines is 1. The molecule has 2 nitrogen and oxygen atoms in total. The van der Waals surface area contributed by atoms with Gasteiger partial charge in [-0.05, 0) is 34.8 Å². The minimum atomic E-state index is -0.292. The molecule has 0 amide bonds. The molecule has 0 aliphatic rings. The molecule has 0 N–H and O–H groups in total. The van der Waals surface area contributed by atoms with Gasteiger partial charge in [-0.3, -0.25) is 0 Å². The largest absolute Gasteiger partial charge is 0.354 e. The van der Waals surface area contributed by atoms with Crippen LogP contribution in [0.5, 0.6) is 0 Å². The van der Waals surface area contributed by atoms with Gasteiger partial charge in [0.1, 0.15) is 0 Å². The van der Waals surface area contributed by atoms with Crippen LogP contribution in [0.4, 0.5) is 10.2 Å². The summed E-state index contributed by atoms with van der Waals surface area (Å²) >= 11 is 3.19. The van der Waals surface area contributed by atoms with E-state index in [2.05, 4.69) is 41.7 Å². The highest BCUT2D eigenvalue weighted by atomic mass is 79.9. The number of hydrogen-bond acceptors (Lipinski definition) is 2. The first-order chi connectivity index (χ1) is 6.93. The van der Waals surface area contributed by atoms with Crippen LogP contribution in [-0.4, -0.2) is 18.1 Å². The van der Waals surface area contributed by atoms with Crippen molar-refractivity contribution in [2.75, 3.05) is 11.9 Å². The van der Waals surface area contributed by atoms with Crippen LogP contribution in [0.2, 0.25) is 0 Å². The normalized spacial score (nSPS) is 13.0. The summed E-state index contributed by atoms with van der Waals surface area (Å²) in [5.74, 6) is 0.568. The minimum Gasteiger partial charge on any atom is -0.354 e. The molecule has 1 heterocycles. The first-order valence-electron chi connectivity index (χ1n) is 4.97. The van der Waals surface area contributed by atoms with Gasteiger partial charge in [-0.2, -0.15) is 0 Å². The smallest absolute Gasteiger partial charge is 0.166 e. The maximum absolute atomic E-state index is 13.6. The summed E-state index contributed by atoms with van der Waals surface area (Å²) in [6, 6.07) is 1.69. The third kappa shape index (κ3) is 2.91. The average molecular weight is 275 g/mol. The van der Waals surface area contributed by atoms with Crippen LogP contribution < -0.4 is 4.90 Å². The number of nitrogens with zero attached hydrogens (tertiary/aromatic N) is 2. The van der Waals surface area contributed by atoms with Crippen LogP contribution >= 0.6 is 15.9 Å². The molecule has 84 valence electrons. The summed E-state index contributed by atoms with van der Waals surface area (Å²) in [5, 5.41) is 0. The van der Waals surface area contributed by atoms with Crippen LogP contribution in [0.1, 0.15) is 20.8 Å². The Morgan fingerprint density at radius 3 is 2.47 bits per heavy atom. The summed E-state index contributed by atoms with van der Waals surface area (Å²) in [5.41, 5.74) is 0. The molecule has 0 aliphatic heterocycles. The number of pyridine rings is 1. The fourth-order valence-corrected chi connectivity index (χ4v) is 1.61. The number of rotatable bonds is 3. The van der Waals surface area contributed by atoms with Crippen molar-refractivity contribution in [3.05, 3.63) is 22.6 Å². The molecule has 0 aliphatic carbocycles. The summed E-state index contributed by atoms with van der Waals surface area (Å²) in [4.78, 5) is 5.95. The van der Waals surface area contributed by atoms with Crippen molar-refractivity contribution in [3.63, 3.8) is 0 Å². The first-order valence-corrected chi connectivity index (χ1v) is 5.76. The van der Waals surface area contributed by atoms with E-state index in [0.717, 1.165) is 0 Å². The Morgan fingerprint density at radius 1 is 1.40 bits per heavy atom. The second-order valence-corrected chi connectivity index (χ2v) is 4.97. The van der Waals surface area contributed by atoms with Crippen molar-refractivity contribution in [1.82, 2.24) is 4.98 Å².